The smallest absolute Gasteiger partial charge is 0.300 e. The first-order valence-corrected chi connectivity index (χ1v) is 10.1. The van der Waals surface area contributed by atoms with E-state index in [2.05, 4.69) is 20.9 Å². The molecule has 1 fully saturated rings. The Morgan fingerprint density at radius 3 is 2.52 bits per heavy atom. The number of aliphatic hydroxyl groups is 1. The maximum atomic E-state index is 13.1. The largest absolute Gasteiger partial charge is 0.507 e. The van der Waals surface area contributed by atoms with Crippen molar-refractivity contribution in [3.8, 4) is 11.5 Å². The van der Waals surface area contributed by atoms with Crippen molar-refractivity contribution in [3.05, 3.63) is 88.2 Å². The lowest BCUT2D eigenvalue weighted by molar-refractivity contribution is -0.132. The van der Waals surface area contributed by atoms with E-state index < -0.39 is 17.7 Å². The van der Waals surface area contributed by atoms with E-state index in [1.165, 1.54) is 30.3 Å². The number of amides is 1. The third-order valence-electron chi connectivity index (χ3n) is 5.01. The van der Waals surface area contributed by atoms with Gasteiger partial charge in [-0.1, -0.05) is 34.1 Å². The van der Waals surface area contributed by atoms with Gasteiger partial charge in [0, 0.05) is 16.2 Å². The van der Waals surface area contributed by atoms with E-state index in [9.17, 15) is 19.8 Å². The number of benzene rings is 2. The van der Waals surface area contributed by atoms with E-state index in [0.29, 0.717) is 16.8 Å². The number of halogens is 1. The van der Waals surface area contributed by atoms with E-state index in [-0.39, 0.29) is 22.8 Å². The number of aromatic nitrogens is 1. The lowest BCUT2D eigenvalue weighted by Gasteiger charge is -2.25. The van der Waals surface area contributed by atoms with Crippen LogP contribution < -0.4 is 9.64 Å². The molecule has 3 aromatic rings. The van der Waals surface area contributed by atoms with Gasteiger partial charge in [0.05, 0.1) is 30.6 Å². The van der Waals surface area contributed by atoms with Crippen molar-refractivity contribution < 1.29 is 24.5 Å². The van der Waals surface area contributed by atoms with Gasteiger partial charge in [0.1, 0.15) is 5.76 Å². The Bertz CT molecular complexity index is 1190. The number of ketones is 1. The van der Waals surface area contributed by atoms with Crippen LogP contribution in [0.4, 0.5) is 5.69 Å². The number of nitrogens with zero attached hydrogens (tertiary/aromatic N) is 2. The van der Waals surface area contributed by atoms with Crippen LogP contribution in [0, 0.1) is 0 Å². The molecule has 1 saturated heterocycles. The molecule has 1 aromatic heterocycles. The van der Waals surface area contributed by atoms with Crippen LogP contribution in [-0.4, -0.2) is 34.0 Å². The van der Waals surface area contributed by atoms with E-state index >= 15 is 0 Å². The molecule has 2 aromatic carbocycles. The van der Waals surface area contributed by atoms with Crippen LogP contribution in [0.2, 0.25) is 0 Å². The summed E-state index contributed by atoms with van der Waals surface area (Å²) in [5, 5.41) is 21.0. The molecule has 156 valence electrons. The number of phenols is 1. The summed E-state index contributed by atoms with van der Waals surface area (Å²) in [4.78, 5) is 31.4. The molecule has 8 heteroatoms. The van der Waals surface area contributed by atoms with Crippen molar-refractivity contribution in [2.24, 2.45) is 0 Å². The molecule has 0 saturated carbocycles. The number of ether oxygens (including phenoxy) is 1. The normalized spacial score (nSPS) is 17.7. The molecule has 1 aliphatic rings. The number of methoxy groups -OCH3 is 1. The Hall–Kier alpha value is -3.65. The Morgan fingerprint density at radius 1 is 1.13 bits per heavy atom. The number of rotatable bonds is 4. The maximum Gasteiger partial charge on any atom is 0.300 e. The molecular formula is C23H17BrN2O5. The number of anilines is 1. The average Bonchev–Trinajstić information content (AvgIpc) is 3.05. The minimum atomic E-state index is -0.942. The van der Waals surface area contributed by atoms with Crippen molar-refractivity contribution in [1.82, 2.24) is 4.98 Å². The number of carbonyl (C=O) groups is 2. The standard InChI is InChI=1S/C23H17BrN2O5/c1-31-18-11-14(6-9-17(18)27)20-19(21(28)13-4-7-15(24)8-5-13)22(29)23(30)26(20)16-3-2-10-25-12-16/h2-12,20,27-28H,1H3/b21-19-. The van der Waals surface area contributed by atoms with Gasteiger partial charge in [-0.05, 0) is 42.0 Å². The summed E-state index contributed by atoms with van der Waals surface area (Å²) in [6.45, 7) is 0. The Balaban J connectivity index is 1.96. The highest BCUT2D eigenvalue weighted by Gasteiger charge is 2.47. The minimum Gasteiger partial charge on any atom is -0.507 e. The van der Waals surface area contributed by atoms with Crippen LogP contribution in [0.1, 0.15) is 17.2 Å². The monoisotopic (exact) mass is 480 g/mol. The summed E-state index contributed by atoms with van der Waals surface area (Å²) in [6.07, 6.45) is 3.02. The topological polar surface area (TPSA) is 100.0 Å². The van der Waals surface area contributed by atoms with Gasteiger partial charge in [-0.15, -0.1) is 0 Å². The molecule has 1 unspecified atom stereocenters. The van der Waals surface area contributed by atoms with Crippen LogP contribution in [0.3, 0.4) is 0 Å². The molecule has 31 heavy (non-hydrogen) atoms. The second-order valence-corrected chi connectivity index (χ2v) is 7.73. The zero-order valence-corrected chi connectivity index (χ0v) is 17.9. The fourth-order valence-electron chi connectivity index (χ4n) is 3.54. The first-order valence-electron chi connectivity index (χ1n) is 9.26. The maximum absolute atomic E-state index is 13.1. The number of Topliss-reactive ketones (excluding diaryl/α,β-unsaturated/α-hetero) is 1. The zero-order chi connectivity index (χ0) is 22.1. The highest BCUT2D eigenvalue weighted by Crippen LogP contribution is 2.43. The highest BCUT2D eigenvalue weighted by molar-refractivity contribution is 9.10. The minimum absolute atomic E-state index is 0.0658. The van der Waals surface area contributed by atoms with Crippen molar-refractivity contribution in [2.75, 3.05) is 12.0 Å². The number of hydrogen-bond donors (Lipinski definition) is 2. The number of aromatic hydroxyl groups is 1. The van der Waals surface area contributed by atoms with Gasteiger partial charge in [-0.25, -0.2) is 0 Å². The lowest BCUT2D eigenvalue weighted by atomic mass is 9.95. The van der Waals surface area contributed by atoms with E-state index in [1.807, 2.05) is 0 Å². The predicted molar refractivity (Wildman–Crippen MR) is 118 cm³/mol. The van der Waals surface area contributed by atoms with Gasteiger partial charge in [-0.2, -0.15) is 0 Å². The number of pyridine rings is 1. The molecule has 0 radical (unpaired) electrons. The summed E-state index contributed by atoms with van der Waals surface area (Å²) in [6, 6.07) is 13.6. The number of phenolic OH excluding ortho intramolecular Hbond substituents is 1. The Morgan fingerprint density at radius 2 is 1.87 bits per heavy atom. The third kappa shape index (κ3) is 3.66. The average molecular weight is 481 g/mol. The summed E-state index contributed by atoms with van der Waals surface area (Å²) >= 11 is 3.34. The molecule has 0 aliphatic carbocycles. The molecule has 0 bridgehead atoms. The number of aliphatic hydroxyl groups excluding tert-OH is 1. The van der Waals surface area contributed by atoms with Crippen molar-refractivity contribution in [3.63, 3.8) is 0 Å². The Labute approximate surface area is 186 Å². The van der Waals surface area contributed by atoms with Gasteiger partial charge in [0.15, 0.2) is 11.5 Å². The van der Waals surface area contributed by atoms with Crippen molar-refractivity contribution >= 4 is 39.1 Å². The van der Waals surface area contributed by atoms with Gasteiger partial charge in [0.2, 0.25) is 0 Å². The molecule has 1 aliphatic heterocycles. The Kier molecular flexibility index (Phi) is 5.48. The van der Waals surface area contributed by atoms with Gasteiger partial charge < -0.3 is 14.9 Å². The van der Waals surface area contributed by atoms with Crippen LogP contribution in [-0.2, 0) is 9.59 Å². The lowest BCUT2D eigenvalue weighted by Crippen LogP contribution is -2.29. The van der Waals surface area contributed by atoms with E-state index in [4.69, 9.17) is 4.74 Å². The summed E-state index contributed by atoms with van der Waals surface area (Å²) in [7, 11) is 1.40. The summed E-state index contributed by atoms with van der Waals surface area (Å²) in [5.74, 6) is -1.81. The third-order valence-corrected chi connectivity index (χ3v) is 5.53. The second kappa shape index (κ2) is 8.23. The molecule has 2 heterocycles. The molecule has 1 atom stereocenters. The second-order valence-electron chi connectivity index (χ2n) is 6.82. The fourth-order valence-corrected chi connectivity index (χ4v) is 3.80. The van der Waals surface area contributed by atoms with E-state index in [1.54, 1.807) is 48.7 Å². The fraction of sp³-hybridized carbons (Fsp3) is 0.0870. The SMILES string of the molecule is COc1cc(C2/C(=C(/O)c3ccc(Br)cc3)C(=O)C(=O)N2c2cccnc2)ccc1O. The molecule has 0 spiro atoms. The number of carbonyl (C=O) groups excluding carboxylic acids is 2. The van der Waals surface area contributed by atoms with Crippen molar-refractivity contribution in [2.45, 2.75) is 6.04 Å². The summed E-state index contributed by atoms with van der Waals surface area (Å²) < 4.78 is 6.00. The summed E-state index contributed by atoms with van der Waals surface area (Å²) in [5.41, 5.74) is 1.21. The van der Waals surface area contributed by atoms with E-state index in [0.717, 1.165) is 4.47 Å². The van der Waals surface area contributed by atoms with Gasteiger partial charge in [-0.3, -0.25) is 19.5 Å². The predicted octanol–water partition coefficient (Wildman–Crippen LogP) is 4.18. The first kappa shape index (κ1) is 20.6. The molecule has 1 amide bonds. The van der Waals surface area contributed by atoms with Crippen molar-refractivity contribution in [1.29, 1.82) is 0 Å². The molecule has 4 rings (SSSR count). The van der Waals surface area contributed by atoms with Crippen LogP contribution in [0.5, 0.6) is 11.5 Å². The van der Waals surface area contributed by atoms with Gasteiger partial charge in [0.25, 0.3) is 11.7 Å². The zero-order valence-electron chi connectivity index (χ0n) is 16.3. The van der Waals surface area contributed by atoms with Crippen LogP contribution in [0.25, 0.3) is 5.76 Å². The van der Waals surface area contributed by atoms with Crippen LogP contribution in [0.15, 0.2) is 77.0 Å². The molecule has 7 nitrogen and oxygen atoms in total. The highest BCUT2D eigenvalue weighted by atomic mass is 79.9. The van der Waals surface area contributed by atoms with Crippen LogP contribution >= 0.6 is 15.9 Å². The first-order chi connectivity index (χ1) is 14.9. The van der Waals surface area contributed by atoms with Gasteiger partial charge >= 0.3 is 0 Å². The molecule has 2 N–H and O–H groups in total. The molecular weight excluding hydrogens is 464 g/mol. The number of hydrogen-bond acceptors (Lipinski definition) is 6. The quantitative estimate of drug-likeness (QED) is 0.330.